The summed E-state index contributed by atoms with van der Waals surface area (Å²) in [5.74, 6) is 0. The van der Waals surface area contributed by atoms with Gasteiger partial charge in [0.2, 0.25) is 0 Å². The Morgan fingerprint density at radius 2 is 1.52 bits per heavy atom. The number of benzene rings is 2. The number of hydrogen-bond acceptors (Lipinski definition) is 2. The average Bonchev–Trinajstić information content (AvgIpc) is 2.62. The zero-order valence-electron chi connectivity index (χ0n) is 14.3. The minimum atomic E-state index is 0.427. The fourth-order valence-corrected chi connectivity index (χ4v) is 2.86. The van der Waals surface area contributed by atoms with Crippen LogP contribution in [-0.2, 0) is 0 Å². The first-order valence-corrected chi connectivity index (χ1v) is 8.56. The molecule has 122 valence electrons. The van der Waals surface area contributed by atoms with Gasteiger partial charge in [0.1, 0.15) is 0 Å². The van der Waals surface area contributed by atoms with Crippen molar-refractivity contribution in [2.45, 2.75) is 19.9 Å². The molecule has 0 aliphatic rings. The van der Waals surface area contributed by atoms with Crippen LogP contribution in [0.3, 0.4) is 0 Å². The van der Waals surface area contributed by atoms with Crippen molar-refractivity contribution < 1.29 is 0 Å². The van der Waals surface area contributed by atoms with E-state index in [4.69, 9.17) is 0 Å². The zero-order chi connectivity index (χ0) is 16.3. The van der Waals surface area contributed by atoms with E-state index in [-0.39, 0.29) is 0 Å². The quantitative estimate of drug-likeness (QED) is 0.692. The molecule has 0 spiro atoms. The lowest BCUT2D eigenvalue weighted by Crippen LogP contribution is -2.35. The van der Waals surface area contributed by atoms with Crippen LogP contribution in [0.25, 0.3) is 6.08 Å². The second-order valence-corrected chi connectivity index (χ2v) is 5.62. The van der Waals surface area contributed by atoms with E-state index in [1.165, 1.54) is 11.1 Å². The lowest BCUT2D eigenvalue weighted by Gasteiger charge is -2.30. The molecule has 0 saturated carbocycles. The maximum atomic E-state index is 3.57. The molecule has 0 saturated heterocycles. The Bertz CT molecular complexity index is 559. The van der Waals surface area contributed by atoms with Crippen LogP contribution in [0.5, 0.6) is 0 Å². The van der Waals surface area contributed by atoms with Gasteiger partial charge >= 0.3 is 0 Å². The van der Waals surface area contributed by atoms with E-state index in [1.807, 2.05) is 6.07 Å². The van der Waals surface area contributed by atoms with Gasteiger partial charge in [-0.05, 0) is 24.2 Å². The second-order valence-electron chi connectivity index (χ2n) is 5.62. The van der Waals surface area contributed by atoms with Crippen LogP contribution in [0.2, 0.25) is 0 Å². The van der Waals surface area contributed by atoms with Crippen LogP contribution in [0.15, 0.2) is 66.7 Å². The van der Waals surface area contributed by atoms with Crippen LogP contribution in [0.1, 0.15) is 31.0 Å². The maximum absolute atomic E-state index is 3.57. The SMILES string of the molecule is CCN(CC)C(CNC/C=C/c1ccccc1)c1ccccc1. The van der Waals surface area contributed by atoms with Crippen LogP contribution < -0.4 is 5.32 Å². The summed E-state index contributed by atoms with van der Waals surface area (Å²) in [6, 6.07) is 21.6. The van der Waals surface area contributed by atoms with E-state index in [1.54, 1.807) is 0 Å². The van der Waals surface area contributed by atoms with Crippen LogP contribution in [-0.4, -0.2) is 31.1 Å². The zero-order valence-corrected chi connectivity index (χ0v) is 14.3. The summed E-state index contributed by atoms with van der Waals surface area (Å²) in [6.07, 6.45) is 4.36. The van der Waals surface area contributed by atoms with Gasteiger partial charge in [-0.1, -0.05) is 86.7 Å². The van der Waals surface area contributed by atoms with Crippen molar-refractivity contribution in [1.29, 1.82) is 0 Å². The van der Waals surface area contributed by atoms with Gasteiger partial charge in [0, 0.05) is 19.1 Å². The number of nitrogens with one attached hydrogen (secondary N) is 1. The molecule has 0 fully saturated rings. The second kappa shape index (κ2) is 9.98. The van der Waals surface area contributed by atoms with Crippen molar-refractivity contribution in [1.82, 2.24) is 10.2 Å². The molecule has 1 atom stereocenters. The topological polar surface area (TPSA) is 15.3 Å². The largest absolute Gasteiger partial charge is 0.311 e. The molecule has 23 heavy (non-hydrogen) atoms. The molecule has 2 aromatic rings. The molecule has 1 unspecified atom stereocenters. The summed E-state index contributed by atoms with van der Waals surface area (Å²) >= 11 is 0. The standard InChI is InChI=1S/C21H28N2/c1-3-23(4-2)21(20-15-9-6-10-16-20)18-22-17-11-14-19-12-7-5-8-13-19/h5-16,21-22H,3-4,17-18H2,1-2H3/b14-11+. The van der Waals surface area contributed by atoms with Gasteiger partial charge in [-0.15, -0.1) is 0 Å². The van der Waals surface area contributed by atoms with Gasteiger partial charge < -0.3 is 5.32 Å². The molecule has 0 aliphatic carbocycles. The molecular weight excluding hydrogens is 280 g/mol. The first kappa shape index (κ1) is 17.5. The number of hydrogen-bond donors (Lipinski definition) is 1. The molecule has 2 aromatic carbocycles. The average molecular weight is 308 g/mol. The highest BCUT2D eigenvalue weighted by atomic mass is 15.2. The van der Waals surface area contributed by atoms with Gasteiger partial charge in [-0.2, -0.15) is 0 Å². The van der Waals surface area contributed by atoms with Crippen molar-refractivity contribution in [2.24, 2.45) is 0 Å². The Kier molecular flexibility index (Phi) is 7.58. The molecule has 0 amide bonds. The third-order valence-corrected chi connectivity index (χ3v) is 4.15. The molecule has 0 aliphatic heterocycles. The number of nitrogens with zero attached hydrogens (tertiary/aromatic N) is 1. The first-order chi connectivity index (χ1) is 11.3. The highest BCUT2D eigenvalue weighted by Gasteiger charge is 2.16. The maximum Gasteiger partial charge on any atom is 0.0472 e. The third kappa shape index (κ3) is 5.66. The van der Waals surface area contributed by atoms with E-state index in [2.05, 4.69) is 90.8 Å². The number of likely N-dealkylation sites (N-methyl/N-ethyl adjacent to an activating group) is 1. The molecule has 0 radical (unpaired) electrons. The van der Waals surface area contributed by atoms with E-state index in [0.717, 1.165) is 26.2 Å². The Labute approximate surface area is 140 Å². The van der Waals surface area contributed by atoms with Crippen LogP contribution >= 0.6 is 0 Å². The van der Waals surface area contributed by atoms with Gasteiger partial charge in [-0.3, -0.25) is 4.90 Å². The molecular formula is C21H28N2. The third-order valence-electron chi connectivity index (χ3n) is 4.15. The summed E-state index contributed by atoms with van der Waals surface area (Å²) < 4.78 is 0. The predicted molar refractivity (Wildman–Crippen MR) is 100 cm³/mol. The fraction of sp³-hybridized carbons (Fsp3) is 0.333. The molecule has 2 nitrogen and oxygen atoms in total. The molecule has 2 rings (SSSR count). The van der Waals surface area contributed by atoms with Gasteiger partial charge in [-0.25, -0.2) is 0 Å². The summed E-state index contributed by atoms with van der Waals surface area (Å²) in [5.41, 5.74) is 2.63. The minimum absolute atomic E-state index is 0.427. The molecule has 0 heterocycles. The smallest absolute Gasteiger partial charge is 0.0472 e. The molecule has 1 N–H and O–H groups in total. The summed E-state index contributed by atoms with van der Waals surface area (Å²) in [5, 5.41) is 3.57. The number of rotatable bonds is 9. The highest BCUT2D eigenvalue weighted by Crippen LogP contribution is 2.19. The highest BCUT2D eigenvalue weighted by molar-refractivity contribution is 5.48. The summed E-state index contributed by atoms with van der Waals surface area (Å²) in [4.78, 5) is 2.50. The van der Waals surface area contributed by atoms with Crippen LogP contribution in [0.4, 0.5) is 0 Å². The molecule has 0 aromatic heterocycles. The van der Waals surface area contributed by atoms with E-state index in [9.17, 15) is 0 Å². The Balaban J connectivity index is 1.90. The Morgan fingerprint density at radius 3 is 2.13 bits per heavy atom. The summed E-state index contributed by atoms with van der Waals surface area (Å²) in [7, 11) is 0. The Hall–Kier alpha value is -1.90. The van der Waals surface area contributed by atoms with Crippen molar-refractivity contribution in [3.05, 3.63) is 77.9 Å². The van der Waals surface area contributed by atoms with Gasteiger partial charge in [0.05, 0.1) is 0 Å². The van der Waals surface area contributed by atoms with Crippen LogP contribution in [0, 0.1) is 0 Å². The van der Waals surface area contributed by atoms with E-state index >= 15 is 0 Å². The molecule has 0 bridgehead atoms. The fourth-order valence-electron chi connectivity index (χ4n) is 2.86. The minimum Gasteiger partial charge on any atom is -0.311 e. The molecule has 2 heteroatoms. The van der Waals surface area contributed by atoms with Crippen molar-refractivity contribution in [3.63, 3.8) is 0 Å². The predicted octanol–water partition coefficient (Wildman–Crippen LogP) is 4.37. The van der Waals surface area contributed by atoms with Crippen molar-refractivity contribution in [2.75, 3.05) is 26.2 Å². The lowest BCUT2D eigenvalue weighted by molar-refractivity contribution is 0.215. The normalized spacial score (nSPS) is 12.8. The van der Waals surface area contributed by atoms with Crippen molar-refractivity contribution >= 4 is 6.08 Å². The van der Waals surface area contributed by atoms with E-state index < -0.39 is 0 Å². The monoisotopic (exact) mass is 308 g/mol. The van der Waals surface area contributed by atoms with Gasteiger partial charge in [0.25, 0.3) is 0 Å². The lowest BCUT2D eigenvalue weighted by atomic mass is 10.1. The first-order valence-electron chi connectivity index (χ1n) is 8.56. The summed E-state index contributed by atoms with van der Waals surface area (Å²) in [6.45, 7) is 8.45. The Morgan fingerprint density at radius 1 is 0.913 bits per heavy atom. The van der Waals surface area contributed by atoms with Gasteiger partial charge in [0.15, 0.2) is 0 Å². The van der Waals surface area contributed by atoms with Crippen molar-refractivity contribution in [3.8, 4) is 0 Å². The van der Waals surface area contributed by atoms with E-state index in [0.29, 0.717) is 6.04 Å².